The second-order valence-electron chi connectivity index (χ2n) is 2.86. The first-order valence-corrected chi connectivity index (χ1v) is 38.2. The van der Waals surface area contributed by atoms with E-state index in [4.69, 9.17) is 100 Å². The van der Waals surface area contributed by atoms with Gasteiger partial charge >= 0.3 is 352 Å². The average Bonchev–Trinajstić information content (AvgIpc) is 2.06. The molecule has 0 aliphatic heterocycles. The van der Waals surface area contributed by atoms with Gasteiger partial charge in [0.05, 0.1) is 0 Å². The summed E-state index contributed by atoms with van der Waals surface area (Å²) in [5.74, 6) is 0. The van der Waals surface area contributed by atoms with Crippen LogP contribution >= 0.6 is 0 Å². The Balaban J connectivity index is -0.0000000198. The van der Waals surface area contributed by atoms with Crippen LogP contribution in [0.15, 0.2) is 0 Å². The molecule has 0 saturated heterocycles. The third-order valence-electron chi connectivity index (χ3n) is 0. The van der Waals surface area contributed by atoms with Crippen molar-refractivity contribution in [1.29, 1.82) is 0 Å². The van der Waals surface area contributed by atoms with E-state index in [-0.39, 0.29) is 135 Å². The van der Waals surface area contributed by atoms with Crippen molar-refractivity contribution in [2.24, 2.45) is 0 Å². The fraction of sp³-hybridized carbons (Fsp3) is 0. The Kier molecular flexibility index (Phi) is 84.5. The molecule has 0 saturated carbocycles. The Morgan fingerprint density at radius 1 is 0.220 bits per heavy atom. The Labute approximate surface area is 344 Å². The van der Waals surface area contributed by atoms with Crippen LogP contribution in [0.3, 0.4) is 0 Å². The van der Waals surface area contributed by atoms with Crippen LogP contribution in [0.2, 0.25) is 0 Å². The Morgan fingerprint density at radius 3 is 0.220 bits per heavy atom. The van der Waals surface area contributed by atoms with Crippen molar-refractivity contribution in [3.05, 3.63) is 0 Å². The molecule has 0 aromatic rings. The van der Waals surface area contributed by atoms with Gasteiger partial charge in [-0.15, -0.1) is 0 Å². The molecule has 0 heterocycles. The number of rotatable bonds is 0. The molecule has 0 aliphatic carbocycles. The molecular formula is Fe2Mg2O28Pb2W7. The van der Waals surface area contributed by atoms with E-state index in [2.05, 4.69) is 0 Å². The molecule has 0 aromatic heterocycles. The van der Waals surface area contributed by atoms with Gasteiger partial charge in [-0.3, -0.25) is 0 Å². The maximum absolute atomic E-state index is 8.65. The molecular weight excluding hydrogens is 2310 g/mol. The molecule has 0 fully saturated rings. The minimum absolute atomic E-state index is 0. The molecule has 0 spiro atoms. The summed E-state index contributed by atoms with van der Waals surface area (Å²) >= 11 is -43.2. The standard InChI is InChI=1S/2Fe.2Mg.28O.2Pb.7W/q2*+3;2*+2;;;;;;;;;;;;;;;14*-1;2*+2;;;;;;;. The van der Waals surface area contributed by atoms with Gasteiger partial charge in [-0.1, -0.05) is 0 Å². The van der Waals surface area contributed by atoms with Crippen LogP contribution in [-0.4, -0.2) is 101 Å². The molecule has 0 unspecified atom stereocenters. The molecule has 0 rings (SSSR count). The van der Waals surface area contributed by atoms with Crippen molar-refractivity contribution in [3.63, 3.8) is 0 Å². The van der Waals surface area contributed by atoms with Gasteiger partial charge < -0.3 is 0 Å². The Hall–Kier alpha value is 5.87. The van der Waals surface area contributed by atoms with Gasteiger partial charge in [-0.2, -0.15) is 0 Å². The van der Waals surface area contributed by atoms with Crippen LogP contribution in [-0.2, 0) is 199 Å². The van der Waals surface area contributed by atoms with E-state index in [1.165, 1.54) is 0 Å². The van der Waals surface area contributed by atoms with E-state index in [0.717, 1.165) is 0 Å². The number of hydrogen-bond acceptors (Lipinski definition) is 28. The van der Waals surface area contributed by atoms with Crippen LogP contribution in [0.1, 0.15) is 0 Å². The summed E-state index contributed by atoms with van der Waals surface area (Å²) in [7, 11) is 0. The van der Waals surface area contributed by atoms with Gasteiger partial charge in [-0.05, 0) is 0 Å². The number of hydrogen-bond donors (Lipinski definition) is 0. The van der Waals surface area contributed by atoms with Crippen LogP contribution in [0, 0.1) is 0 Å². The van der Waals surface area contributed by atoms with E-state index in [1.807, 2.05) is 0 Å². The second kappa shape index (κ2) is 40.3. The third-order valence-corrected chi connectivity index (χ3v) is 0. The fourth-order valence-electron chi connectivity index (χ4n) is 0. The van der Waals surface area contributed by atoms with Crippen molar-refractivity contribution < 1.29 is 252 Å². The molecule has 6 radical (unpaired) electrons. The molecule has 0 amide bonds. The van der Waals surface area contributed by atoms with Crippen LogP contribution in [0.5, 0.6) is 0 Å². The topological polar surface area (TPSA) is 562 Å². The first kappa shape index (κ1) is 86.0. The zero-order valence-corrected chi connectivity index (χ0v) is 50.8. The van der Waals surface area contributed by atoms with Crippen molar-refractivity contribution in [3.8, 4) is 0 Å². The largest absolute Gasteiger partial charge is 2.00 e. The molecule has 238 valence electrons. The summed E-state index contributed by atoms with van der Waals surface area (Å²) in [4.78, 5) is 0. The van der Waals surface area contributed by atoms with Crippen molar-refractivity contribution >= 4 is 101 Å². The molecule has 28 nitrogen and oxygen atoms in total. The maximum atomic E-state index is 8.65. The van der Waals surface area contributed by atoms with E-state index in [9.17, 15) is 0 Å². The monoisotopic (exact) mass is 2310 g/mol. The summed E-state index contributed by atoms with van der Waals surface area (Å²) in [5.41, 5.74) is 0. The van der Waals surface area contributed by atoms with Crippen molar-refractivity contribution in [2.75, 3.05) is 0 Å². The van der Waals surface area contributed by atoms with Crippen LogP contribution in [0.4, 0.5) is 0 Å². The molecule has 41 heteroatoms. The molecule has 0 atom stereocenters. The predicted molar refractivity (Wildman–Crippen MR) is 32.6 cm³/mol. The minimum Gasteiger partial charge on any atom is 2.00 e. The normalized spacial score (nSPS) is 9.90. The average molecular weight is 2310 g/mol. The first-order valence-electron chi connectivity index (χ1n) is 4.67. The SMILES string of the molecule is [Fe+3].[Fe+3].[Mg+2].[Mg+2].[O]=[W](=[O])([O-])[O-].[O]=[W](=[O])([O-])[O-].[O]=[W](=[O])([O-])[O-].[O]=[W](=[O])([O-])[O-].[O]=[W](=[O])([O-])[O-].[O]=[W](=[O])([O-])[O-].[O]=[W](=[O])([O-])[O-].[Pb+2].[Pb+2]. The molecule has 0 aromatic carbocycles. The minimum atomic E-state index is -6.17. The van der Waals surface area contributed by atoms with Gasteiger partial charge in [0.1, 0.15) is 0 Å². The Bertz CT molecular complexity index is 937. The summed E-state index contributed by atoms with van der Waals surface area (Å²) in [5, 5.41) is 0. The summed E-state index contributed by atoms with van der Waals surface area (Å²) in [6, 6.07) is 0. The summed E-state index contributed by atoms with van der Waals surface area (Å²) < 4.78 is 242. The van der Waals surface area contributed by atoms with Gasteiger partial charge in [0.2, 0.25) is 0 Å². The van der Waals surface area contributed by atoms with E-state index in [0.29, 0.717) is 0 Å². The first-order chi connectivity index (χ1) is 14.0. The quantitative estimate of drug-likeness (QED) is 0.203. The zero-order valence-electron chi connectivity index (χ0n) is 17.4. The molecule has 0 N–H and O–H groups in total. The third kappa shape index (κ3) is 2560. The Morgan fingerprint density at radius 2 is 0.220 bits per heavy atom. The van der Waals surface area contributed by atoms with Gasteiger partial charge in [-0.25, -0.2) is 0 Å². The van der Waals surface area contributed by atoms with E-state index < -0.39 is 117 Å². The van der Waals surface area contributed by atoms with Gasteiger partial charge in [0, 0.05) is 0 Å². The van der Waals surface area contributed by atoms with Gasteiger partial charge in [0.15, 0.2) is 0 Å². The molecule has 41 heavy (non-hydrogen) atoms. The molecule has 0 aliphatic rings. The summed E-state index contributed by atoms with van der Waals surface area (Å²) in [6.07, 6.45) is 0. The van der Waals surface area contributed by atoms with Crippen LogP contribution < -0.4 is 52.6 Å². The predicted octanol–water partition coefficient (Wildman–Crippen LogP) is -19.9. The van der Waals surface area contributed by atoms with Crippen LogP contribution in [0.25, 0.3) is 0 Å². The molecule has 0 bridgehead atoms. The van der Waals surface area contributed by atoms with E-state index in [1.54, 1.807) is 0 Å². The fourth-order valence-corrected chi connectivity index (χ4v) is 0. The zero-order chi connectivity index (χ0) is 31.5. The summed E-state index contributed by atoms with van der Waals surface area (Å²) in [6.45, 7) is 0. The van der Waals surface area contributed by atoms with Gasteiger partial charge in [0.25, 0.3) is 0 Å². The van der Waals surface area contributed by atoms with E-state index >= 15 is 0 Å². The smallest absolute Gasteiger partial charge is 2.00 e. The maximum Gasteiger partial charge on any atom is 2.00 e. The van der Waals surface area contributed by atoms with Crippen molar-refractivity contribution in [1.82, 2.24) is 0 Å². The second-order valence-corrected chi connectivity index (χ2v) is 23.4. The van der Waals surface area contributed by atoms with Crippen molar-refractivity contribution in [2.45, 2.75) is 0 Å².